The Balaban J connectivity index is 2.20. The van der Waals surface area contributed by atoms with Crippen molar-refractivity contribution in [1.82, 2.24) is 9.55 Å². The molecule has 0 spiro atoms. The Morgan fingerprint density at radius 2 is 2.17 bits per heavy atom. The van der Waals surface area contributed by atoms with Crippen molar-refractivity contribution in [3.8, 4) is 0 Å². The minimum absolute atomic E-state index is 0.153. The zero-order valence-corrected chi connectivity index (χ0v) is 11.3. The molecule has 96 valence electrons. The predicted molar refractivity (Wildman–Crippen MR) is 72.0 cm³/mol. The zero-order valence-electron chi connectivity index (χ0n) is 9.80. The van der Waals surface area contributed by atoms with E-state index in [-0.39, 0.29) is 5.02 Å². The van der Waals surface area contributed by atoms with Gasteiger partial charge in [0.05, 0.1) is 16.1 Å². The highest BCUT2D eigenvalue weighted by Gasteiger charge is 2.24. The molecule has 0 saturated heterocycles. The first kappa shape index (κ1) is 12.2. The average Bonchev–Trinajstić information content (AvgIpc) is 2.57. The van der Waals surface area contributed by atoms with Crippen molar-refractivity contribution in [2.45, 2.75) is 31.7 Å². The normalized spacial score (nSPS) is 16.2. The molecule has 0 aliphatic heterocycles. The van der Waals surface area contributed by atoms with Crippen LogP contribution in [-0.4, -0.2) is 15.4 Å². The van der Waals surface area contributed by atoms with Crippen LogP contribution in [0.15, 0.2) is 12.1 Å². The van der Waals surface area contributed by atoms with Crippen molar-refractivity contribution in [2.24, 2.45) is 0 Å². The number of fused-ring (bicyclic) bond motifs is 1. The minimum atomic E-state index is -0.417. The molecule has 2 nitrogen and oxygen atoms in total. The number of aromatic nitrogens is 2. The van der Waals surface area contributed by atoms with Gasteiger partial charge in [0, 0.05) is 24.4 Å². The first-order valence-electron chi connectivity index (χ1n) is 6.12. The Kier molecular flexibility index (Phi) is 3.20. The fourth-order valence-corrected chi connectivity index (χ4v) is 2.78. The molecule has 1 aromatic heterocycles. The van der Waals surface area contributed by atoms with Crippen LogP contribution in [0, 0.1) is 5.82 Å². The monoisotopic (exact) mass is 286 g/mol. The van der Waals surface area contributed by atoms with Crippen molar-refractivity contribution in [1.29, 1.82) is 0 Å². The second kappa shape index (κ2) is 4.71. The van der Waals surface area contributed by atoms with E-state index in [0.717, 1.165) is 24.2 Å². The van der Waals surface area contributed by atoms with Crippen molar-refractivity contribution < 1.29 is 4.39 Å². The van der Waals surface area contributed by atoms with Crippen LogP contribution < -0.4 is 0 Å². The summed E-state index contributed by atoms with van der Waals surface area (Å²) in [6, 6.07) is 3.55. The van der Waals surface area contributed by atoms with Crippen molar-refractivity contribution in [3.63, 3.8) is 0 Å². The van der Waals surface area contributed by atoms with Crippen LogP contribution in [0.2, 0.25) is 5.02 Å². The lowest BCUT2D eigenvalue weighted by atomic mass is 9.92. The zero-order chi connectivity index (χ0) is 12.7. The third-order valence-corrected chi connectivity index (χ3v) is 4.04. The highest BCUT2D eigenvalue weighted by molar-refractivity contribution is 6.31. The van der Waals surface area contributed by atoms with Crippen molar-refractivity contribution in [3.05, 3.63) is 28.8 Å². The summed E-state index contributed by atoms with van der Waals surface area (Å²) >= 11 is 11.7. The number of alkyl halides is 1. The van der Waals surface area contributed by atoms with E-state index >= 15 is 0 Å². The van der Waals surface area contributed by atoms with Crippen LogP contribution in [0.4, 0.5) is 4.39 Å². The maximum atomic E-state index is 13.5. The summed E-state index contributed by atoms with van der Waals surface area (Å²) in [6.07, 6.45) is 4.23. The maximum absolute atomic E-state index is 13.5. The minimum Gasteiger partial charge on any atom is -0.325 e. The molecular weight excluding hydrogens is 274 g/mol. The van der Waals surface area contributed by atoms with Gasteiger partial charge >= 0.3 is 0 Å². The van der Waals surface area contributed by atoms with Crippen LogP contribution in [0.5, 0.6) is 0 Å². The summed E-state index contributed by atoms with van der Waals surface area (Å²) in [4.78, 5) is 4.49. The third kappa shape index (κ3) is 1.90. The number of benzene rings is 1. The number of hydrogen-bond donors (Lipinski definition) is 0. The molecule has 1 heterocycles. The molecule has 0 atom stereocenters. The molecule has 1 aliphatic carbocycles. The standard InChI is InChI=1S/C13H13Cl2FN2/c14-5-4-13-17-11-7-10(16)9(15)6-12(11)18(13)8-2-1-3-8/h6-8H,1-5H2. The largest absolute Gasteiger partial charge is 0.325 e. The van der Waals surface area contributed by atoms with Crippen LogP contribution in [-0.2, 0) is 6.42 Å². The first-order valence-corrected chi connectivity index (χ1v) is 7.04. The predicted octanol–water partition coefficient (Wildman–Crippen LogP) is 4.34. The number of imidazole rings is 1. The van der Waals surface area contributed by atoms with Gasteiger partial charge in [-0.3, -0.25) is 0 Å². The highest BCUT2D eigenvalue weighted by Crippen LogP contribution is 2.36. The molecular formula is C13H13Cl2FN2. The molecule has 1 aliphatic rings. The summed E-state index contributed by atoms with van der Waals surface area (Å²) < 4.78 is 15.7. The van der Waals surface area contributed by atoms with Crippen molar-refractivity contribution >= 4 is 34.2 Å². The smallest absolute Gasteiger partial charge is 0.144 e. The van der Waals surface area contributed by atoms with Gasteiger partial charge in [-0.05, 0) is 25.3 Å². The van der Waals surface area contributed by atoms with E-state index in [1.54, 1.807) is 6.07 Å². The molecule has 0 amide bonds. The Hall–Kier alpha value is -0.800. The number of aryl methyl sites for hydroxylation is 1. The van der Waals surface area contributed by atoms with Crippen LogP contribution >= 0.6 is 23.2 Å². The lowest BCUT2D eigenvalue weighted by Gasteiger charge is -2.29. The fraction of sp³-hybridized carbons (Fsp3) is 0.462. The van der Waals surface area contributed by atoms with Gasteiger partial charge in [-0.1, -0.05) is 11.6 Å². The van der Waals surface area contributed by atoms with Gasteiger partial charge in [0.1, 0.15) is 11.6 Å². The lowest BCUT2D eigenvalue weighted by molar-refractivity contribution is 0.314. The van der Waals surface area contributed by atoms with E-state index in [1.807, 2.05) is 0 Å². The molecule has 0 N–H and O–H groups in total. The van der Waals surface area contributed by atoms with Gasteiger partial charge in [-0.15, -0.1) is 11.6 Å². The van der Waals surface area contributed by atoms with Gasteiger partial charge in [-0.2, -0.15) is 0 Å². The van der Waals surface area contributed by atoms with E-state index in [4.69, 9.17) is 23.2 Å². The Morgan fingerprint density at radius 3 is 2.78 bits per heavy atom. The summed E-state index contributed by atoms with van der Waals surface area (Å²) in [6.45, 7) is 0. The molecule has 1 fully saturated rings. The topological polar surface area (TPSA) is 17.8 Å². The third-order valence-electron chi connectivity index (χ3n) is 3.56. The van der Waals surface area contributed by atoms with Crippen molar-refractivity contribution in [2.75, 3.05) is 5.88 Å². The fourth-order valence-electron chi connectivity index (χ4n) is 2.45. The van der Waals surface area contributed by atoms with Crippen LogP contribution in [0.25, 0.3) is 11.0 Å². The molecule has 1 saturated carbocycles. The van der Waals surface area contributed by atoms with Crippen LogP contribution in [0.3, 0.4) is 0 Å². The number of halogens is 3. The molecule has 0 bridgehead atoms. The lowest BCUT2D eigenvalue weighted by Crippen LogP contribution is -2.19. The molecule has 3 rings (SSSR count). The summed E-state index contributed by atoms with van der Waals surface area (Å²) in [5.74, 6) is 1.04. The molecule has 1 aromatic carbocycles. The molecule has 5 heteroatoms. The van der Waals surface area contributed by atoms with Gasteiger partial charge in [0.2, 0.25) is 0 Å². The summed E-state index contributed by atoms with van der Waals surface area (Å²) in [5.41, 5.74) is 1.59. The van der Waals surface area contributed by atoms with E-state index in [9.17, 15) is 4.39 Å². The Labute approximate surface area is 115 Å². The second-order valence-corrected chi connectivity index (χ2v) is 5.46. The van der Waals surface area contributed by atoms with Crippen LogP contribution in [0.1, 0.15) is 31.1 Å². The summed E-state index contributed by atoms with van der Waals surface area (Å²) in [7, 11) is 0. The highest BCUT2D eigenvalue weighted by atomic mass is 35.5. The second-order valence-electron chi connectivity index (χ2n) is 4.68. The number of nitrogens with zero attached hydrogens (tertiary/aromatic N) is 2. The summed E-state index contributed by atoms with van der Waals surface area (Å²) in [5, 5.41) is 0.153. The van der Waals surface area contributed by atoms with Gasteiger partial charge in [0.25, 0.3) is 0 Å². The van der Waals surface area contributed by atoms with E-state index in [2.05, 4.69) is 9.55 Å². The maximum Gasteiger partial charge on any atom is 0.144 e. The number of rotatable bonds is 3. The van der Waals surface area contributed by atoms with E-state index < -0.39 is 5.82 Å². The van der Waals surface area contributed by atoms with E-state index in [1.165, 1.54) is 12.5 Å². The Morgan fingerprint density at radius 1 is 1.39 bits per heavy atom. The molecule has 0 radical (unpaired) electrons. The average molecular weight is 287 g/mol. The molecule has 18 heavy (non-hydrogen) atoms. The van der Waals surface area contributed by atoms with Gasteiger partial charge in [0.15, 0.2) is 0 Å². The van der Waals surface area contributed by atoms with Gasteiger partial charge in [-0.25, -0.2) is 9.37 Å². The SMILES string of the molecule is Fc1cc2nc(CCCl)n(C3CCC3)c2cc1Cl. The first-order chi connectivity index (χ1) is 8.70. The number of hydrogen-bond acceptors (Lipinski definition) is 1. The van der Waals surface area contributed by atoms with Gasteiger partial charge < -0.3 is 4.57 Å². The molecule has 2 aromatic rings. The Bertz CT molecular complexity index is 590. The van der Waals surface area contributed by atoms with E-state index in [0.29, 0.717) is 23.9 Å². The molecule has 0 unspecified atom stereocenters. The quantitative estimate of drug-likeness (QED) is 0.768.